The predicted octanol–water partition coefficient (Wildman–Crippen LogP) is 11.5. The van der Waals surface area contributed by atoms with Crippen LogP contribution in [0.15, 0.2) is 36.4 Å². The van der Waals surface area contributed by atoms with Crippen LogP contribution >= 0.6 is 0 Å². The molecule has 0 aliphatic carbocycles. The molecule has 0 spiro atoms. The number of ether oxygens (including phenoxy) is 8. The molecule has 9 nitrogen and oxygen atoms in total. The van der Waals surface area contributed by atoms with Crippen molar-refractivity contribution in [3.63, 3.8) is 0 Å². The van der Waals surface area contributed by atoms with Crippen LogP contribution in [0.2, 0.25) is 0 Å². The molecule has 0 aromatic heterocycles. The highest BCUT2D eigenvalue weighted by Crippen LogP contribution is 2.31. The van der Waals surface area contributed by atoms with Crippen LogP contribution in [0.5, 0.6) is 23.0 Å². The van der Waals surface area contributed by atoms with Gasteiger partial charge in [-0.05, 0) is 48.7 Å². The highest BCUT2D eigenvalue weighted by molar-refractivity contribution is 5.90. The highest BCUT2D eigenvalue weighted by Gasteiger charge is 2.15. The minimum absolute atomic E-state index is 0.0816. The lowest BCUT2D eigenvalue weighted by molar-refractivity contribution is 0.00708. The van der Waals surface area contributed by atoms with Crippen LogP contribution in [0.25, 0.3) is 0 Å². The Morgan fingerprint density at radius 2 is 0.945 bits per heavy atom. The van der Waals surface area contributed by atoms with Crippen molar-refractivity contribution in [1.82, 2.24) is 0 Å². The lowest BCUT2D eigenvalue weighted by atomic mass is 10.1. The molecule has 1 aliphatic rings. The fourth-order valence-corrected chi connectivity index (χ4v) is 6.48. The van der Waals surface area contributed by atoms with Gasteiger partial charge in [-0.3, -0.25) is 0 Å². The monoisotopic (exact) mass is 771 g/mol. The van der Waals surface area contributed by atoms with Crippen LogP contribution in [0, 0.1) is 0 Å². The standard InChI is InChI=1S/C46H74O9/c1-3-5-7-9-11-13-15-17-19-21-27-51-43-26-24-41(38-45(43)52-28-22-20-18-16-14-12-10-8-6-4-2)46(47)55-39-40-23-25-42-44(37-40)54-36-34-50-32-30-48-29-31-49-33-35-53-42/h23-26,37-38H,3-22,27-36,39H2,1-2H3. The lowest BCUT2D eigenvalue weighted by Gasteiger charge is -2.15. The van der Waals surface area contributed by atoms with E-state index < -0.39 is 5.97 Å². The van der Waals surface area contributed by atoms with Crippen molar-refractivity contribution in [2.24, 2.45) is 0 Å². The van der Waals surface area contributed by atoms with Gasteiger partial charge in [0.05, 0.1) is 58.4 Å². The molecular weight excluding hydrogens is 696 g/mol. The molecule has 0 radical (unpaired) electrons. The van der Waals surface area contributed by atoms with Crippen molar-refractivity contribution < 1.29 is 42.7 Å². The number of unbranched alkanes of at least 4 members (excludes halogenated alkanes) is 18. The lowest BCUT2D eigenvalue weighted by Crippen LogP contribution is -2.13. The van der Waals surface area contributed by atoms with E-state index in [4.69, 9.17) is 37.9 Å². The van der Waals surface area contributed by atoms with E-state index in [-0.39, 0.29) is 6.61 Å². The van der Waals surface area contributed by atoms with E-state index in [1.807, 2.05) is 24.3 Å². The van der Waals surface area contributed by atoms with Gasteiger partial charge in [-0.1, -0.05) is 135 Å². The topological polar surface area (TPSA) is 90.9 Å². The Bertz CT molecular complexity index is 1240. The average Bonchev–Trinajstić information content (AvgIpc) is 3.21. The number of carbonyl (C=O) groups excluding carboxylic acids is 1. The van der Waals surface area contributed by atoms with Crippen molar-refractivity contribution in [2.75, 3.05) is 66.1 Å². The van der Waals surface area contributed by atoms with Gasteiger partial charge in [0.25, 0.3) is 0 Å². The molecule has 0 amide bonds. The number of rotatable bonds is 27. The van der Waals surface area contributed by atoms with Crippen molar-refractivity contribution in [1.29, 1.82) is 0 Å². The first-order valence-corrected chi connectivity index (χ1v) is 21.9. The molecule has 2 aromatic carbocycles. The second kappa shape index (κ2) is 32.1. The van der Waals surface area contributed by atoms with Crippen LogP contribution in [0.4, 0.5) is 0 Å². The molecule has 0 saturated carbocycles. The second-order valence-corrected chi connectivity index (χ2v) is 14.6. The Balaban J connectivity index is 1.51. The molecule has 2 aromatic rings. The van der Waals surface area contributed by atoms with Crippen LogP contribution < -0.4 is 18.9 Å². The Kier molecular flexibility index (Phi) is 27.1. The number of esters is 1. The van der Waals surface area contributed by atoms with Gasteiger partial charge in [0.15, 0.2) is 23.0 Å². The summed E-state index contributed by atoms with van der Waals surface area (Å²) in [5.41, 5.74) is 1.22. The number of benzene rings is 2. The minimum atomic E-state index is -0.425. The molecule has 0 fully saturated rings. The number of carbonyl (C=O) groups is 1. The smallest absolute Gasteiger partial charge is 0.338 e. The minimum Gasteiger partial charge on any atom is -0.490 e. The summed E-state index contributed by atoms with van der Waals surface area (Å²) in [7, 11) is 0. The third kappa shape index (κ3) is 22.4. The summed E-state index contributed by atoms with van der Waals surface area (Å²) in [5, 5.41) is 0. The summed E-state index contributed by atoms with van der Waals surface area (Å²) in [4.78, 5) is 13.3. The zero-order chi connectivity index (χ0) is 38.9. The molecule has 0 atom stereocenters. The van der Waals surface area contributed by atoms with Crippen LogP contribution in [-0.2, 0) is 25.6 Å². The normalized spacial score (nSPS) is 14.1. The Morgan fingerprint density at radius 1 is 0.491 bits per heavy atom. The van der Waals surface area contributed by atoms with E-state index in [0.717, 1.165) is 31.2 Å². The molecule has 0 N–H and O–H groups in total. The summed E-state index contributed by atoms with van der Waals surface area (Å²) < 4.78 is 46.8. The maximum atomic E-state index is 13.3. The molecule has 1 heterocycles. The van der Waals surface area contributed by atoms with E-state index in [2.05, 4.69) is 13.8 Å². The van der Waals surface area contributed by atoms with Gasteiger partial charge in [0, 0.05) is 0 Å². The van der Waals surface area contributed by atoms with Gasteiger partial charge in [-0.15, -0.1) is 0 Å². The summed E-state index contributed by atoms with van der Waals surface area (Å²) in [5.74, 6) is 2.02. The number of hydrogen-bond acceptors (Lipinski definition) is 9. The summed E-state index contributed by atoms with van der Waals surface area (Å²) in [6, 6.07) is 10.9. The summed E-state index contributed by atoms with van der Waals surface area (Å²) in [6.45, 7) is 9.43. The molecule has 0 bridgehead atoms. The molecule has 312 valence electrons. The van der Waals surface area contributed by atoms with Crippen molar-refractivity contribution in [2.45, 2.75) is 149 Å². The summed E-state index contributed by atoms with van der Waals surface area (Å²) >= 11 is 0. The first-order valence-electron chi connectivity index (χ1n) is 21.9. The molecule has 9 heteroatoms. The Morgan fingerprint density at radius 3 is 1.47 bits per heavy atom. The van der Waals surface area contributed by atoms with Crippen LogP contribution in [-0.4, -0.2) is 72.0 Å². The summed E-state index contributed by atoms with van der Waals surface area (Å²) in [6.07, 6.45) is 25.4. The largest absolute Gasteiger partial charge is 0.490 e. The van der Waals surface area contributed by atoms with Gasteiger partial charge < -0.3 is 37.9 Å². The Hall–Kier alpha value is -3.01. The van der Waals surface area contributed by atoms with E-state index >= 15 is 0 Å². The van der Waals surface area contributed by atoms with Gasteiger partial charge in [-0.2, -0.15) is 0 Å². The molecule has 0 unspecified atom stereocenters. The zero-order valence-electron chi connectivity index (χ0n) is 34.6. The van der Waals surface area contributed by atoms with Crippen LogP contribution in [0.3, 0.4) is 0 Å². The number of fused-ring (bicyclic) bond motifs is 1. The third-order valence-electron chi connectivity index (χ3n) is 9.78. The molecule has 1 aliphatic heterocycles. The average molecular weight is 771 g/mol. The second-order valence-electron chi connectivity index (χ2n) is 14.6. The van der Waals surface area contributed by atoms with E-state index in [1.165, 1.54) is 103 Å². The van der Waals surface area contributed by atoms with E-state index in [1.54, 1.807) is 12.1 Å². The van der Waals surface area contributed by atoms with Crippen molar-refractivity contribution in [3.8, 4) is 23.0 Å². The van der Waals surface area contributed by atoms with E-state index in [9.17, 15) is 4.79 Å². The van der Waals surface area contributed by atoms with Crippen molar-refractivity contribution in [3.05, 3.63) is 47.5 Å². The predicted molar refractivity (Wildman–Crippen MR) is 220 cm³/mol. The van der Waals surface area contributed by atoms with Gasteiger partial charge in [0.1, 0.15) is 19.8 Å². The SMILES string of the molecule is CCCCCCCCCCCCOc1ccc(C(=O)OCc2ccc3c(c2)OCCOCCOCCOCCO3)cc1OCCCCCCCCCCCC. The molecule has 0 saturated heterocycles. The first kappa shape index (κ1) is 46.4. The van der Waals surface area contributed by atoms with Crippen molar-refractivity contribution >= 4 is 5.97 Å². The first-order chi connectivity index (χ1) is 27.2. The third-order valence-corrected chi connectivity index (χ3v) is 9.78. The maximum absolute atomic E-state index is 13.3. The van der Waals surface area contributed by atoms with E-state index in [0.29, 0.717) is 94.6 Å². The van der Waals surface area contributed by atoms with Crippen LogP contribution in [0.1, 0.15) is 158 Å². The quantitative estimate of drug-likeness (QED) is 0.0650. The molecule has 55 heavy (non-hydrogen) atoms. The van der Waals surface area contributed by atoms with Gasteiger partial charge >= 0.3 is 5.97 Å². The Labute approximate surface area is 333 Å². The molecular formula is C46H74O9. The zero-order valence-corrected chi connectivity index (χ0v) is 34.6. The number of hydrogen-bond donors (Lipinski definition) is 0. The fraction of sp³-hybridized carbons (Fsp3) is 0.717. The maximum Gasteiger partial charge on any atom is 0.338 e. The fourth-order valence-electron chi connectivity index (χ4n) is 6.48. The van der Waals surface area contributed by atoms with Gasteiger partial charge in [0.2, 0.25) is 0 Å². The molecule has 3 rings (SSSR count). The van der Waals surface area contributed by atoms with Gasteiger partial charge in [-0.25, -0.2) is 4.79 Å². The highest BCUT2D eigenvalue weighted by atomic mass is 16.6.